The van der Waals surface area contributed by atoms with E-state index < -0.39 is 10.8 Å². The van der Waals surface area contributed by atoms with E-state index in [9.17, 15) is 14.9 Å². The van der Waals surface area contributed by atoms with Crippen LogP contribution in [0.1, 0.15) is 49.4 Å². The molecular formula is C15H21N3O3. The molecule has 0 unspecified atom stereocenters. The molecule has 0 aliphatic heterocycles. The molecule has 6 nitrogen and oxygen atoms in total. The SMILES string of the molecule is CCC1(CNC(=O)c2cccc(N)c2[N+](=O)[O-])CCCC1. The average Bonchev–Trinajstić information content (AvgIpc) is 2.93. The molecule has 0 radical (unpaired) electrons. The molecule has 1 fully saturated rings. The minimum atomic E-state index is -0.602. The predicted molar refractivity (Wildman–Crippen MR) is 81.0 cm³/mol. The molecule has 0 bridgehead atoms. The number of anilines is 1. The Morgan fingerprint density at radius 1 is 1.43 bits per heavy atom. The van der Waals surface area contributed by atoms with Gasteiger partial charge in [-0.1, -0.05) is 25.8 Å². The molecule has 0 spiro atoms. The molecule has 0 heterocycles. The number of benzene rings is 1. The number of nitrogen functional groups attached to an aromatic ring is 1. The molecule has 3 N–H and O–H groups in total. The number of carbonyl (C=O) groups excluding carboxylic acids is 1. The first-order chi connectivity index (χ1) is 9.99. The minimum absolute atomic E-state index is 0.0127. The number of nitro groups is 1. The van der Waals surface area contributed by atoms with E-state index in [0.717, 1.165) is 19.3 Å². The molecule has 1 saturated carbocycles. The Morgan fingerprint density at radius 3 is 2.67 bits per heavy atom. The number of nitrogens with two attached hydrogens (primary N) is 1. The summed E-state index contributed by atoms with van der Waals surface area (Å²) in [6.07, 6.45) is 5.57. The quantitative estimate of drug-likeness (QED) is 0.495. The fourth-order valence-corrected chi connectivity index (χ4v) is 3.09. The van der Waals surface area contributed by atoms with Crippen molar-refractivity contribution in [2.45, 2.75) is 39.0 Å². The van der Waals surface area contributed by atoms with Gasteiger partial charge >= 0.3 is 5.69 Å². The van der Waals surface area contributed by atoms with Crippen LogP contribution in [0.5, 0.6) is 0 Å². The van der Waals surface area contributed by atoms with Crippen molar-refractivity contribution >= 4 is 17.3 Å². The molecule has 1 aliphatic rings. The van der Waals surface area contributed by atoms with Gasteiger partial charge in [-0.3, -0.25) is 14.9 Å². The van der Waals surface area contributed by atoms with Crippen molar-refractivity contribution < 1.29 is 9.72 Å². The van der Waals surface area contributed by atoms with Gasteiger partial charge in [-0.2, -0.15) is 0 Å². The Morgan fingerprint density at radius 2 is 2.10 bits per heavy atom. The van der Waals surface area contributed by atoms with Gasteiger partial charge in [0.25, 0.3) is 5.91 Å². The van der Waals surface area contributed by atoms with Crippen LogP contribution in [0.4, 0.5) is 11.4 Å². The summed E-state index contributed by atoms with van der Waals surface area (Å²) in [5, 5.41) is 13.9. The van der Waals surface area contributed by atoms with Gasteiger partial charge in [0.1, 0.15) is 11.3 Å². The van der Waals surface area contributed by atoms with Crippen LogP contribution in [-0.4, -0.2) is 17.4 Å². The number of nitro benzene ring substituents is 1. The maximum absolute atomic E-state index is 12.3. The third-order valence-electron chi connectivity index (χ3n) is 4.53. The molecule has 2 rings (SSSR count). The zero-order valence-electron chi connectivity index (χ0n) is 12.2. The smallest absolute Gasteiger partial charge is 0.304 e. The highest BCUT2D eigenvalue weighted by Crippen LogP contribution is 2.40. The third kappa shape index (κ3) is 3.15. The summed E-state index contributed by atoms with van der Waals surface area (Å²) < 4.78 is 0. The Kier molecular flexibility index (Phi) is 4.45. The van der Waals surface area contributed by atoms with Crippen molar-refractivity contribution in [3.63, 3.8) is 0 Å². The van der Waals surface area contributed by atoms with E-state index >= 15 is 0 Å². The minimum Gasteiger partial charge on any atom is -0.393 e. The number of rotatable bonds is 5. The van der Waals surface area contributed by atoms with Gasteiger partial charge in [-0.15, -0.1) is 0 Å². The molecule has 0 aromatic heterocycles. The van der Waals surface area contributed by atoms with Crippen LogP contribution in [-0.2, 0) is 0 Å². The van der Waals surface area contributed by atoms with Crippen LogP contribution < -0.4 is 11.1 Å². The topological polar surface area (TPSA) is 98.3 Å². The first-order valence-electron chi connectivity index (χ1n) is 7.30. The van der Waals surface area contributed by atoms with Gasteiger partial charge in [-0.25, -0.2) is 0 Å². The lowest BCUT2D eigenvalue weighted by Crippen LogP contribution is -2.35. The van der Waals surface area contributed by atoms with Crippen LogP contribution in [0.2, 0.25) is 0 Å². The molecule has 1 aliphatic carbocycles. The highest BCUT2D eigenvalue weighted by atomic mass is 16.6. The van der Waals surface area contributed by atoms with Crippen molar-refractivity contribution in [1.29, 1.82) is 0 Å². The molecule has 0 atom stereocenters. The Labute approximate surface area is 123 Å². The average molecular weight is 291 g/mol. The molecular weight excluding hydrogens is 270 g/mol. The first kappa shape index (κ1) is 15.3. The molecule has 114 valence electrons. The first-order valence-corrected chi connectivity index (χ1v) is 7.30. The van der Waals surface area contributed by atoms with Crippen molar-refractivity contribution in [3.8, 4) is 0 Å². The van der Waals surface area contributed by atoms with E-state index in [2.05, 4.69) is 12.2 Å². The van der Waals surface area contributed by atoms with Gasteiger partial charge in [0.05, 0.1) is 4.92 Å². The zero-order valence-corrected chi connectivity index (χ0v) is 12.2. The second-order valence-corrected chi connectivity index (χ2v) is 5.74. The lowest BCUT2D eigenvalue weighted by molar-refractivity contribution is -0.384. The number of para-hydroxylation sites is 1. The normalized spacial score (nSPS) is 16.6. The number of hydrogen-bond acceptors (Lipinski definition) is 4. The van der Waals surface area contributed by atoms with Crippen molar-refractivity contribution in [2.75, 3.05) is 12.3 Å². The Hall–Kier alpha value is -2.11. The highest BCUT2D eigenvalue weighted by molar-refractivity contribution is 6.00. The molecule has 1 aromatic carbocycles. The van der Waals surface area contributed by atoms with Crippen LogP contribution in [0, 0.1) is 15.5 Å². The molecule has 21 heavy (non-hydrogen) atoms. The van der Waals surface area contributed by atoms with Crippen molar-refractivity contribution in [1.82, 2.24) is 5.32 Å². The molecule has 1 aromatic rings. The summed E-state index contributed by atoms with van der Waals surface area (Å²) in [7, 11) is 0. The summed E-state index contributed by atoms with van der Waals surface area (Å²) in [6.45, 7) is 2.69. The summed E-state index contributed by atoms with van der Waals surface area (Å²) in [4.78, 5) is 22.7. The second kappa shape index (κ2) is 6.11. The number of nitrogens with zero attached hydrogens (tertiary/aromatic N) is 1. The standard InChI is InChI=1S/C15H21N3O3/c1-2-15(8-3-4-9-15)10-17-14(19)11-6-5-7-12(16)13(11)18(20)21/h5-7H,2-4,8-10,16H2,1H3,(H,17,19). The van der Waals surface area contributed by atoms with Gasteiger partial charge in [-0.05, 0) is 36.8 Å². The molecule has 6 heteroatoms. The van der Waals surface area contributed by atoms with Crippen molar-refractivity contribution in [3.05, 3.63) is 33.9 Å². The predicted octanol–water partition coefficient (Wildman–Crippen LogP) is 2.88. The lowest BCUT2D eigenvalue weighted by Gasteiger charge is -2.27. The van der Waals surface area contributed by atoms with E-state index in [1.165, 1.54) is 25.0 Å². The molecule has 1 amide bonds. The maximum atomic E-state index is 12.3. The van der Waals surface area contributed by atoms with Crippen LogP contribution in [0.25, 0.3) is 0 Å². The van der Waals surface area contributed by atoms with E-state index in [1.54, 1.807) is 6.07 Å². The summed E-state index contributed by atoms with van der Waals surface area (Å²) in [5.41, 5.74) is 5.48. The fourth-order valence-electron chi connectivity index (χ4n) is 3.09. The lowest BCUT2D eigenvalue weighted by atomic mass is 9.83. The number of amides is 1. The Balaban J connectivity index is 2.14. The van der Waals surface area contributed by atoms with E-state index in [4.69, 9.17) is 5.73 Å². The highest BCUT2D eigenvalue weighted by Gasteiger charge is 2.33. The largest absolute Gasteiger partial charge is 0.393 e. The summed E-state index contributed by atoms with van der Waals surface area (Å²) in [5.74, 6) is -0.422. The number of hydrogen-bond donors (Lipinski definition) is 2. The van der Waals surface area contributed by atoms with Crippen molar-refractivity contribution in [2.24, 2.45) is 5.41 Å². The van der Waals surface area contributed by atoms with Crippen LogP contribution in [0.15, 0.2) is 18.2 Å². The number of carbonyl (C=O) groups is 1. The van der Waals surface area contributed by atoms with E-state index in [0.29, 0.717) is 6.54 Å². The van der Waals surface area contributed by atoms with Crippen LogP contribution >= 0.6 is 0 Å². The van der Waals surface area contributed by atoms with Gasteiger partial charge in [0, 0.05) is 6.54 Å². The summed E-state index contributed by atoms with van der Waals surface area (Å²) >= 11 is 0. The summed E-state index contributed by atoms with van der Waals surface area (Å²) in [6, 6.07) is 4.43. The van der Waals surface area contributed by atoms with Gasteiger partial charge < -0.3 is 11.1 Å². The maximum Gasteiger partial charge on any atom is 0.304 e. The monoisotopic (exact) mass is 291 g/mol. The zero-order chi connectivity index (χ0) is 15.5. The van der Waals surface area contributed by atoms with Gasteiger partial charge in [0.2, 0.25) is 0 Å². The number of nitrogens with one attached hydrogen (secondary N) is 1. The molecule has 0 saturated heterocycles. The van der Waals surface area contributed by atoms with Gasteiger partial charge in [0.15, 0.2) is 0 Å². The van der Waals surface area contributed by atoms with E-state index in [1.807, 2.05) is 0 Å². The van der Waals surface area contributed by atoms with E-state index in [-0.39, 0.29) is 22.4 Å². The fraction of sp³-hybridized carbons (Fsp3) is 0.533. The van der Waals surface area contributed by atoms with Crippen LogP contribution in [0.3, 0.4) is 0 Å². The Bertz CT molecular complexity index is 551. The third-order valence-corrected chi connectivity index (χ3v) is 4.53. The second-order valence-electron chi connectivity index (χ2n) is 5.74.